The smallest absolute Gasteiger partial charge is 0.238 e. The Bertz CT molecular complexity index is 626. The van der Waals surface area contributed by atoms with E-state index in [-0.39, 0.29) is 24.2 Å². The first-order valence-corrected chi connectivity index (χ1v) is 9.38. The van der Waals surface area contributed by atoms with Crippen LogP contribution in [0.15, 0.2) is 24.3 Å². The van der Waals surface area contributed by atoms with E-state index < -0.39 is 0 Å². The van der Waals surface area contributed by atoms with Crippen LogP contribution < -0.4 is 5.32 Å². The third-order valence-electron chi connectivity index (χ3n) is 5.01. The molecule has 0 atom stereocenters. The fraction of sp³-hybridized carbons (Fsp3) is 0.579. The number of nitrogens with one attached hydrogen (secondary N) is 1. The summed E-state index contributed by atoms with van der Waals surface area (Å²) >= 11 is 0. The van der Waals surface area contributed by atoms with Gasteiger partial charge in [-0.2, -0.15) is 0 Å². The highest BCUT2D eigenvalue weighted by molar-refractivity contribution is 5.92. The molecule has 7 heteroatoms. The van der Waals surface area contributed by atoms with Crippen LogP contribution in [0.4, 0.5) is 10.1 Å². The summed E-state index contributed by atoms with van der Waals surface area (Å²) < 4.78 is 13.2. The molecule has 142 valence electrons. The molecule has 0 aliphatic carbocycles. The SMILES string of the molecule is O=C(CN1CCN(C(=O)CN2CCCCC2)CC1)Nc1cccc(F)c1. The summed E-state index contributed by atoms with van der Waals surface area (Å²) in [7, 11) is 0. The van der Waals surface area contributed by atoms with Crippen LogP contribution in [0.2, 0.25) is 0 Å². The number of anilines is 1. The van der Waals surface area contributed by atoms with E-state index in [1.165, 1.54) is 31.4 Å². The molecular formula is C19H27FN4O2. The summed E-state index contributed by atoms with van der Waals surface area (Å²) in [6.45, 7) is 5.48. The minimum Gasteiger partial charge on any atom is -0.339 e. The lowest BCUT2D eigenvalue weighted by Gasteiger charge is -2.36. The third kappa shape index (κ3) is 5.51. The largest absolute Gasteiger partial charge is 0.339 e. The van der Waals surface area contributed by atoms with Crippen molar-refractivity contribution in [3.8, 4) is 0 Å². The standard InChI is InChI=1S/C19H27FN4O2/c20-16-5-4-6-17(13-16)21-18(25)14-23-9-11-24(12-10-23)19(26)15-22-7-2-1-3-8-22/h4-6,13H,1-3,7-12,14-15H2,(H,21,25). The quantitative estimate of drug-likeness (QED) is 0.860. The van der Waals surface area contributed by atoms with Crippen LogP contribution >= 0.6 is 0 Å². The zero-order valence-corrected chi connectivity index (χ0v) is 15.1. The number of hydrogen-bond donors (Lipinski definition) is 1. The first-order valence-electron chi connectivity index (χ1n) is 9.38. The molecule has 6 nitrogen and oxygen atoms in total. The average molecular weight is 362 g/mol. The van der Waals surface area contributed by atoms with Crippen LogP contribution in [-0.2, 0) is 9.59 Å². The first kappa shape index (κ1) is 18.8. The monoisotopic (exact) mass is 362 g/mol. The van der Waals surface area contributed by atoms with Crippen LogP contribution in [-0.4, -0.2) is 78.9 Å². The number of benzene rings is 1. The van der Waals surface area contributed by atoms with Gasteiger partial charge in [-0.25, -0.2) is 4.39 Å². The molecule has 2 aliphatic rings. The summed E-state index contributed by atoms with van der Waals surface area (Å²) in [6.07, 6.45) is 3.63. The number of amides is 2. The number of carbonyl (C=O) groups excluding carboxylic acids is 2. The van der Waals surface area contributed by atoms with Crippen LogP contribution in [0.5, 0.6) is 0 Å². The van der Waals surface area contributed by atoms with Crippen molar-refractivity contribution in [1.82, 2.24) is 14.7 Å². The van der Waals surface area contributed by atoms with E-state index in [9.17, 15) is 14.0 Å². The molecule has 2 aliphatic heterocycles. The van der Waals surface area contributed by atoms with Crippen molar-refractivity contribution in [3.05, 3.63) is 30.1 Å². The second kappa shape index (κ2) is 9.09. The van der Waals surface area contributed by atoms with E-state index >= 15 is 0 Å². The Morgan fingerprint density at radius 3 is 2.31 bits per heavy atom. The zero-order chi connectivity index (χ0) is 18.4. The lowest BCUT2D eigenvalue weighted by Crippen LogP contribution is -2.52. The number of nitrogens with zero attached hydrogens (tertiary/aromatic N) is 3. The molecule has 0 saturated carbocycles. The number of piperazine rings is 1. The van der Waals surface area contributed by atoms with Gasteiger partial charge in [0, 0.05) is 31.9 Å². The predicted molar refractivity (Wildman–Crippen MR) is 98.3 cm³/mol. The Morgan fingerprint density at radius 1 is 0.923 bits per heavy atom. The van der Waals surface area contributed by atoms with Crippen LogP contribution in [0.1, 0.15) is 19.3 Å². The van der Waals surface area contributed by atoms with E-state index in [0.717, 1.165) is 13.1 Å². The molecule has 2 fully saturated rings. The number of piperidine rings is 1. The normalized spacial score (nSPS) is 19.3. The summed E-state index contributed by atoms with van der Waals surface area (Å²) in [5.74, 6) is -0.344. The predicted octanol–water partition coefficient (Wildman–Crippen LogP) is 1.39. The molecular weight excluding hydrogens is 335 g/mol. The van der Waals surface area contributed by atoms with Crippen LogP contribution in [0, 0.1) is 5.82 Å². The minimum absolute atomic E-state index is 0.163. The van der Waals surface area contributed by atoms with Gasteiger partial charge in [0.05, 0.1) is 13.1 Å². The summed E-state index contributed by atoms with van der Waals surface area (Å²) in [6, 6.07) is 5.88. The zero-order valence-electron chi connectivity index (χ0n) is 15.1. The maximum absolute atomic E-state index is 13.2. The molecule has 3 rings (SSSR count). The number of likely N-dealkylation sites (tertiary alicyclic amines) is 1. The van der Waals surface area contributed by atoms with Crippen LogP contribution in [0.25, 0.3) is 0 Å². The van der Waals surface area contributed by atoms with Gasteiger partial charge < -0.3 is 10.2 Å². The highest BCUT2D eigenvalue weighted by Crippen LogP contribution is 2.11. The van der Waals surface area contributed by atoms with Crippen molar-refractivity contribution in [1.29, 1.82) is 0 Å². The van der Waals surface area contributed by atoms with E-state index in [0.29, 0.717) is 38.4 Å². The Labute approximate surface area is 153 Å². The third-order valence-corrected chi connectivity index (χ3v) is 5.01. The van der Waals surface area contributed by atoms with E-state index in [4.69, 9.17) is 0 Å². The summed E-state index contributed by atoms with van der Waals surface area (Å²) in [5.41, 5.74) is 0.463. The summed E-state index contributed by atoms with van der Waals surface area (Å²) in [4.78, 5) is 30.7. The molecule has 0 spiro atoms. The van der Waals surface area contributed by atoms with Gasteiger partial charge in [-0.15, -0.1) is 0 Å². The maximum Gasteiger partial charge on any atom is 0.238 e. The molecule has 1 N–H and O–H groups in total. The molecule has 0 bridgehead atoms. The van der Waals surface area contributed by atoms with Gasteiger partial charge in [-0.05, 0) is 44.1 Å². The molecule has 0 aromatic heterocycles. The van der Waals surface area contributed by atoms with Gasteiger partial charge in [0.15, 0.2) is 0 Å². The van der Waals surface area contributed by atoms with Gasteiger partial charge in [-0.3, -0.25) is 19.4 Å². The van der Waals surface area contributed by atoms with Gasteiger partial charge in [0.1, 0.15) is 5.82 Å². The van der Waals surface area contributed by atoms with Crippen molar-refractivity contribution in [3.63, 3.8) is 0 Å². The molecule has 0 radical (unpaired) electrons. The van der Waals surface area contributed by atoms with Crippen molar-refractivity contribution in [2.45, 2.75) is 19.3 Å². The average Bonchev–Trinajstić information content (AvgIpc) is 2.63. The van der Waals surface area contributed by atoms with Crippen molar-refractivity contribution in [2.24, 2.45) is 0 Å². The first-order chi connectivity index (χ1) is 12.6. The van der Waals surface area contributed by atoms with Gasteiger partial charge in [0.2, 0.25) is 11.8 Å². The van der Waals surface area contributed by atoms with Crippen molar-refractivity contribution >= 4 is 17.5 Å². The number of halogens is 1. The fourth-order valence-electron chi connectivity index (χ4n) is 3.53. The van der Waals surface area contributed by atoms with E-state index in [2.05, 4.69) is 10.2 Å². The number of hydrogen-bond acceptors (Lipinski definition) is 4. The van der Waals surface area contributed by atoms with Gasteiger partial charge in [-0.1, -0.05) is 12.5 Å². The van der Waals surface area contributed by atoms with Crippen molar-refractivity contribution in [2.75, 3.05) is 57.7 Å². The molecule has 1 aromatic carbocycles. The topological polar surface area (TPSA) is 55.9 Å². The number of carbonyl (C=O) groups is 2. The van der Waals surface area contributed by atoms with Gasteiger partial charge >= 0.3 is 0 Å². The fourth-order valence-corrected chi connectivity index (χ4v) is 3.53. The lowest BCUT2D eigenvalue weighted by molar-refractivity contribution is -0.134. The lowest BCUT2D eigenvalue weighted by atomic mass is 10.1. The van der Waals surface area contributed by atoms with Crippen molar-refractivity contribution < 1.29 is 14.0 Å². The Kier molecular flexibility index (Phi) is 6.57. The maximum atomic E-state index is 13.2. The number of rotatable bonds is 5. The van der Waals surface area contributed by atoms with Crippen LogP contribution in [0.3, 0.4) is 0 Å². The molecule has 0 unspecified atom stereocenters. The summed E-state index contributed by atoms with van der Waals surface area (Å²) in [5, 5.41) is 2.71. The molecule has 2 heterocycles. The highest BCUT2D eigenvalue weighted by atomic mass is 19.1. The molecule has 26 heavy (non-hydrogen) atoms. The highest BCUT2D eigenvalue weighted by Gasteiger charge is 2.24. The Hall–Kier alpha value is -1.99. The van der Waals surface area contributed by atoms with E-state index in [1.807, 2.05) is 9.80 Å². The molecule has 1 aromatic rings. The van der Waals surface area contributed by atoms with Gasteiger partial charge in [0.25, 0.3) is 0 Å². The molecule has 2 amide bonds. The van der Waals surface area contributed by atoms with E-state index in [1.54, 1.807) is 12.1 Å². The minimum atomic E-state index is -0.372. The second-order valence-corrected chi connectivity index (χ2v) is 7.05. The Balaban J connectivity index is 1.39. The Morgan fingerprint density at radius 2 is 1.62 bits per heavy atom. The molecule has 2 saturated heterocycles. The second-order valence-electron chi connectivity index (χ2n) is 7.05.